The van der Waals surface area contributed by atoms with Gasteiger partial charge in [-0.3, -0.25) is 33.7 Å². The molecule has 18 heteroatoms. The first-order valence-electron chi connectivity index (χ1n) is 32.4. The second-order valence-corrected chi connectivity index (χ2v) is 22.6. The first-order chi connectivity index (χ1) is 38.4. The van der Waals surface area contributed by atoms with E-state index in [1.165, 1.54) is 103 Å². The lowest BCUT2D eigenvalue weighted by Crippen LogP contribution is -2.49. The smallest absolute Gasteiger partial charge is 0.236 e. The highest BCUT2D eigenvalue weighted by atomic mass is 16.2. The monoisotopic (exact) mass is 1120 g/mol. The van der Waals surface area contributed by atoms with Crippen LogP contribution in [0.3, 0.4) is 0 Å². The van der Waals surface area contributed by atoms with Crippen LogP contribution in [0.4, 0.5) is 0 Å². The van der Waals surface area contributed by atoms with Gasteiger partial charge in [0.25, 0.3) is 0 Å². The Morgan fingerprint density at radius 3 is 1.04 bits per heavy atom. The number of carbonyl (C=O) groups is 6. The summed E-state index contributed by atoms with van der Waals surface area (Å²) in [6.07, 6.45) is 36.7. The summed E-state index contributed by atoms with van der Waals surface area (Å²) in [6, 6.07) is -2.65. The maximum Gasteiger partial charge on any atom is 0.236 e. The van der Waals surface area contributed by atoms with Crippen molar-refractivity contribution in [2.24, 2.45) is 40.3 Å². The number of rotatable bonds is 59. The predicted octanol–water partition coefficient (Wildman–Crippen LogP) is 7.14. The molecule has 0 aliphatic carbocycles. The third-order valence-electron chi connectivity index (χ3n) is 15.3. The summed E-state index contributed by atoms with van der Waals surface area (Å²) in [5.41, 5.74) is 35.3. The van der Waals surface area contributed by atoms with Gasteiger partial charge in [-0.15, -0.1) is 0 Å². The molecule has 17 N–H and O–H groups in total. The van der Waals surface area contributed by atoms with Gasteiger partial charge in [0.2, 0.25) is 29.5 Å². The third-order valence-corrected chi connectivity index (χ3v) is 15.3. The van der Waals surface area contributed by atoms with Crippen LogP contribution in [0.25, 0.3) is 0 Å². The number of ketones is 1. The lowest BCUT2D eigenvalue weighted by atomic mass is 9.95. The van der Waals surface area contributed by atoms with Crippen molar-refractivity contribution in [2.75, 3.05) is 65.4 Å². The van der Waals surface area contributed by atoms with E-state index in [9.17, 15) is 28.8 Å². The molecule has 5 atom stereocenters. The van der Waals surface area contributed by atoms with Gasteiger partial charge in [0, 0.05) is 52.2 Å². The number of carbonyl (C=O) groups excluding carboxylic acids is 6. The van der Waals surface area contributed by atoms with E-state index in [1.54, 1.807) is 0 Å². The van der Waals surface area contributed by atoms with Crippen LogP contribution in [-0.2, 0) is 28.8 Å². The molecule has 18 nitrogen and oxygen atoms in total. The number of hydrogen-bond donors (Lipinski definition) is 11. The molecule has 0 fully saturated rings. The standard InChI is InChI=1S/C61H124N12O6/c1-3-5-7-9-11-13-15-17-19-21-23-25-35-51(57(75)69-45-48-73(49-46-70-60(78)53(66)37-28-32-42-63)50-47-71-61(79)54(67)38-29-33-43-64)58(76)72-55(39-30-34-44-68-59(77)52(65)36-27-31-41-62)56(74)40-26-24-22-20-18-16-14-12-10-8-6-4-2/h51-55H,3-50,62-67H2,1-2H3,(H,68,77)(H,69,75)(H,70,78)(H,71,79)(H,72,76)/t51?,52-,53-,54-,55-/m0/s1. The zero-order chi connectivity index (χ0) is 58.4. The summed E-state index contributed by atoms with van der Waals surface area (Å²) in [6.45, 7) is 8.56. The second kappa shape index (κ2) is 55.3. The van der Waals surface area contributed by atoms with Crippen molar-refractivity contribution in [1.29, 1.82) is 0 Å². The lowest BCUT2D eigenvalue weighted by molar-refractivity contribution is -0.138. The number of Topliss-reactive ketones (excluding diaryl/α,β-unsaturated/α-hetero) is 1. The number of hydrogen-bond acceptors (Lipinski definition) is 13. The highest BCUT2D eigenvalue weighted by Gasteiger charge is 2.30. The summed E-state index contributed by atoms with van der Waals surface area (Å²) >= 11 is 0. The van der Waals surface area contributed by atoms with Crippen molar-refractivity contribution in [3.63, 3.8) is 0 Å². The van der Waals surface area contributed by atoms with E-state index in [-0.39, 0.29) is 30.0 Å². The molecule has 5 amide bonds. The Kier molecular flexibility index (Phi) is 53.0. The first-order valence-corrected chi connectivity index (χ1v) is 32.4. The highest BCUT2D eigenvalue weighted by Crippen LogP contribution is 2.18. The highest BCUT2D eigenvalue weighted by molar-refractivity contribution is 6.02. The Labute approximate surface area is 481 Å². The van der Waals surface area contributed by atoms with E-state index in [0.29, 0.717) is 117 Å². The van der Waals surface area contributed by atoms with E-state index in [0.717, 1.165) is 83.5 Å². The molecule has 0 aromatic carbocycles. The van der Waals surface area contributed by atoms with Crippen molar-refractivity contribution >= 4 is 35.3 Å². The van der Waals surface area contributed by atoms with Crippen molar-refractivity contribution in [1.82, 2.24) is 31.5 Å². The SMILES string of the molecule is CCCCCCCCCCCCCCC(=O)[C@H](CCCCNC(=O)[C@@H](N)CCCCN)NC(=O)C(CCCCCCCCCCCCCC)C(=O)NCCN(CCNC(=O)[C@@H](N)CCCCN)CCNC(=O)[C@@H](N)CCCCN. The average molecular weight is 1120 g/mol. The third kappa shape index (κ3) is 45.0. The second-order valence-electron chi connectivity index (χ2n) is 22.6. The van der Waals surface area contributed by atoms with Crippen LogP contribution >= 0.6 is 0 Å². The van der Waals surface area contributed by atoms with E-state index >= 15 is 0 Å². The van der Waals surface area contributed by atoms with Gasteiger partial charge in [-0.05, 0) is 90.3 Å². The summed E-state index contributed by atoms with van der Waals surface area (Å²) in [5, 5.41) is 14.9. The van der Waals surface area contributed by atoms with Gasteiger partial charge in [0.15, 0.2) is 5.78 Å². The normalized spacial score (nSPS) is 13.4. The molecule has 0 aliphatic rings. The Balaban J connectivity index is 6.06. The van der Waals surface area contributed by atoms with Crippen LogP contribution < -0.4 is 61.0 Å². The average Bonchev–Trinajstić information content (AvgIpc) is 3.43. The number of nitrogens with one attached hydrogen (secondary N) is 5. The molecule has 0 aliphatic heterocycles. The minimum atomic E-state index is -1.00. The molecule has 0 heterocycles. The maximum atomic E-state index is 14.4. The molecule has 0 spiro atoms. The lowest BCUT2D eigenvalue weighted by Gasteiger charge is -2.25. The molecule has 0 bridgehead atoms. The first kappa shape index (κ1) is 75.7. The Morgan fingerprint density at radius 1 is 0.342 bits per heavy atom. The number of nitrogens with zero attached hydrogens (tertiary/aromatic N) is 1. The Hall–Kier alpha value is -3.26. The number of unbranched alkanes of at least 4 members (excludes halogenated alkanes) is 26. The van der Waals surface area contributed by atoms with E-state index < -0.39 is 41.9 Å². The summed E-state index contributed by atoms with van der Waals surface area (Å²) in [5.74, 6) is -2.58. The molecule has 0 aromatic rings. The van der Waals surface area contributed by atoms with Crippen LogP contribution in [0.5, 0.6) is 0 Å². The molecular formula is C61H124N12O6. The molecule has 0 aromatic heterocycles. The van der Waals surface area contributed by atoms with Crippen molar-refractivity contribution in [3.8, 4) is 0 Å². The van der Waals surface area contributed by atoms with Gasteiger partial charge >= 0.3 is 0 Å². The van der Waals surface area contributed by atoms with Gasteiger partial charge in [0.05, 0.1) is 24.2 Å². The number of nitrogens with two attached hydrogens (primary N) is 6. The van der Waals surface area contributed by atoms with Crippen molar-refractivity contribution in [3.05, 3.63) is 0 Å². The zero-order valence-corrected chi connectivity index (χ0v) is 50.7. The van der Waals surface area contributed by atoms with Crippen LogP contribution in [0.15, 0.2) is 0 Å². The van der Waals surface area contributed by atoms with Crippen LogP contribution in [0.1, 0.15) is 258 Å². The zero-order valence-electron chi connectivity index (χ0n) is 50.7. The molecule has 0 saturated carbocycles. The van der Waals surface area contributed by atoms with Crippen LogP contribution in [0.2, 0.25) is 0 Å². The molecule has 1 unspecified atom stereocenters. The van der Waals surface area contributed by atoms with E-state index in [2.05, 4.69) is 40.4 Å². The fraction of sp³-hybridized carbons (Fsp3) is 0.902. The van der Waals surface area contributed by atoms with Gasteiger partial charge in [-0.1, -0.05) is 181 Å². The fourth-order valence-corrected chi connectivity index (χ4v) is 9.94. The number of amides is 5. The maximum absolute atomic E-state index is 14.4. The van der Waals surface area contributed by atoms with Gasteiger partial charge in [-0.25, -0.2) is 0 Å². The van der Waals surface area contributed by atoms with Gasteiger partial charge in [-0.2, -0.15) is 0 Å². The summed E-state index contributed by atoms with van der Waals surface area (Å²) in [7, 11) is 0. The molecule has 0 rings (SSSR count). The minimum Gasteiger partial charge on any atom is -0.355 e. The Morgan fingerprint density at radius 2 is 0.658 bits per heavy atom. The fourth-order valence-electron chi connectivity index (χ4n) is 9.94. The quantitative estimate of drug-likeness (QED) is 0.0213. The topological polar surface area (TPSA) is 322 Å². The molecule has 0 saturated heterocycles. The van der Waals surface area contributed by atoms with E-state index in [4.69, 9.17) is 34.4 Å². The van der Waals surface area contributed by atoms with Gasteiger partial charge in [0.1, 0.15) is 5.92 Å². The van der Waals surface area contributed by atoms with Crippen molar-refractivity contribution in [2.45, 2.75) is 282 Å². The van der Waals surface area contributed by atoms with Crippen molar-refractivity contribution < 1.29 is 28.8 Å². The molecule has 464 valence electrons. The minimum absolute atomic E-state index is 0.0289. The Bertz CT molecular complexity index is 1460. The largest absolute Gasteiger partial charge is 0.355 e. The summed E-state index contributed by atoms with van der Waals surface area (Å²) in [4.78, 5) is 83.0. The van der Waals surface area contributed by atoms with Crippen LogP contribution in [-0.4, -0.2) is 130 Å². The predicted molar refractivity (Wildman–Crippen MR) is 327 cm³/mol. The van der Waals surface area contributed by atoms with Gasteiger partial charge < -0.3 is 61.0 Å². The molecule has 0 radical (unpaired) electrons. The molecular weight excluding hydrogens is 997 g/mol. The molecule has 79 heavy (non-hydrogen) atoms. The van der Waals surface area contributed by atoms with E-state index in [1.807, 2.05) is 4.90 Å². The summed E-state index contributed by atoms with van der Waals surface area (Å²) < 4.78 is 0. The van der Waals surface area contributed by atoms with Crippen LogP contribution in [0, 0.1) is 5.92 Å².